The molecule has 0 aromatic carbocycles. The van der Waals surface area contributed by atoms with Crippen LogP contribution in [0.4, 0.5) is 0 Å². The fraction of sp³-hybridized carbons (Fsp3) is 0.462. The van der Waals surface area contributed by atoms with E-state index < -0.39 is 24.0 Å². The maximum atomic E-state index is 11.9. The van der Waals surface area contributed by atoms with Crippen LogP contribution in [-0.4, -0.2) is 35.0 Å². The number of hydrogen-bond acceptors (Lipinski definition) is 4. The Morgan fingerprint density at radius 2 is 1.85 bits per heavy atom. The molecule has 1 unspecified atom stereocenters. The van der Waals surface area contributed by atoms with Crippen molar-refractivity contribution >= 4 is 29.1 Å². The van der Waals surface area contributed by atoms with Gasteiger partial charge in [-0.2, -0.15) is 0 Å². The normalized spacial score (nSPS) is 13.6. The second-order valence-electron chi connectivity index (χ2n) is 4.74. The van der Waals surface area contributed by atoms with Crippen LogP contribution in [-0.2, 0) is 9.59 Å². The van der Waals surface area contributed by atoms with E-state index in [1.54, 1.807) is 31.4 Å². The van der Waals surface area contributed by atoms with Crippen molar-refractivity contribution in [1.82, 2.24) is 10.6 Å². The predicted octanol–water partition coefficient (Wildman–Crippen LogP) is 1.09. The monoisotopic (exact) mass is 298 g/mol. The molecule has 0 fully saturated rings. The lowest BCUT2D eigenvalue weighted by molar-refractivity contribution is -0.143. The van der Waals surface area contributed by atoms with Crippen LogP contribution < -0.4 is 10.6 Å². The van der Waals surface area contributed by atoms with Crippen LogP contribution in [0.15, 0.2) is 17.5 Å². The highest BCUT2D eigenvalue weighted by molar-refractivity contribution is 7.12. The molecule has 1 heterocycles. The van der Waals surface area contributed by atoms with Crippen LogP contribution in [0.3, 0.4) is 0 Å². The summed E-state index contributed by atoms with van der Waals surface area (Å²) in [6.45, 7) is 4.92. The summed E-state index contributed by atoms with van der Waals surface area (Å²) >= 11 is 1.27. The van der Waals surface area contributed by atoms with Gasteiger partial charge in [-0.25, -0.2) is 4.79 Å². The van der Waals surface area contributed by atoms with E-state index in [9.17, 15) is 14.4 Å². The molecule has 0 aliphatic rings. The van der Waals surface area contributed by atoms with Gasteiger partial charge in [0.15, 0.2) is 0 Å². The first-order valence-corrected chi connectivity index (χ1v) is 7.08. The van der Waals surface area contributed by atoms with Crippen LogP contribution in [0.2, 0.25) is 0 Å². The predicted molar refractivity (Wildman–Crippen MR) is 75.7 cm³/mol. The highest BCUT2D eigenvalue weighted by Gasteiger charge is 2.26. The van der Waals surface area contributed by atoms with Crippen molar-refractivity contribution in [3.05, 3.63) is 22.4 Å². The largest absolute Gasteiger partial charge is 0.480 e. The molecule has 0 aliphatic heterocycles. The SMILES string of the molecule is CC(NC(=O)c1cccs1)C(=O)N[C@@H](C(=O)O)C(C)C. The van der Waals surface area contributed by atoms with Gasteiger partial charge in [0.05, 0.1) is 4.88 Å². The lowest BCUT2D eigenvalue weighted by Crippen LogP contribution is -2.51. The molecule has 0 aliphatic carbocycles. The topological polar surface area (TPSA) is 95.5 Å². The molecule has 2 atom stereocenters. The Labute approximate surface area is 121 Å². The summed E-state index contributed by atoms with van der Waals surface area (Å²) in [6, 6.07) is 1.62. The van der Waals surface area contributed by atoms with Crippen molar-refractivity contribution in [2.45, 2.75) is 32.9 Å². The first-order chi connectivity index (χ1) is 9.32. The van der Waals surface area contributed by atoms with Crippen molar-refractivity contribution in [3.63, 3.8) is 0 Å². The zero-order valence-corrected chi connectivity index (χ0v) is 12.4. The molecular formula is C13H18N2O4S. The third kappa shape index (κ3) is 4.34. The van der Waals surface area contributed by atoms with Gasteiger partial charge in [-0.15, -0.1) is 11.3 Å². The van der Waals surface area contributed by atoms with Crippen LogP contribution in [0.5, 0.6) is 0 Å². The summed E-state index contributed by atoms with van der Waals surface area (Å²) in [6.07, 6.45) is 0. The molecular weight excluding hydrogens is 280 g/mol. The molecule has 0 saturated heterocycles. The standard InChI is InChI=1S/C13H18N2O4S/c1-7(2)10(13(18)19)15-11(16)8(3)14-12(17)9-5-4-6-20-9/h4-8,10H,1-3H3,(H,14,17)(H,15,16)(H,18,19)/t8?,10-/m1/s1. The summed E-state index contributed by atoms with van der Waals surface area (Å²) in [7, 11) is 0. The molecule has 1 aromatic heterocycles. The number of amides is 2. The maximum Gasteiger partial charge on any atom is 0.326 e. The second kappa shape index (κ2) is 7.04. The highest BCUT2D eigenvalue weighted by Crippen LogP contribution is 2.08. The highest BCUT2D eigenvalue weighted by atomic mass is 32.1. The molecule has 7 heteroatoms. The Morgan fingerprint density at radius 3 is 2.30 bits per heavy atom. The fourth-order valence-electron chi connectivity index (χ4n) is 1.53. The number of nitrogens with one attached hydrogen (secondary N) is 2. The quantitative estimate of drug-likeness (QED) is 0.732. The molecule has 3 N–H and O–H groups in total. The van der Waals surface area contributed by atoms with Gasteiger partial charge in [0.25, 0.3) is 5.91 Å². The Morgan fingerprint density at radius 1 is 1.20 bits per heavy atom. The van der Waals surface area contributed by atoms with Crippen LogP contribution in [0.1, 0.15) is 30.4 Å². The second-order valence-corrected chi connectivity index (χ2v) is 5.69. The van der Waals surface area contributed by atoms with Gasteiger partial charge in [-0.3, -0.25) is 9.59 Å². The number of hydrogen-bond donors (Lipinski definition) is 3. The van der Waals surface area contributed by atoms with Gasteiger partial charge >= 0.3 is 5.97 Å². The Balaban J connectivity index is 2.59. The summed E-state index contributed by atoms with van der Waals surface area (Å²) in [5, 5.41) is 15.7. The molecule has 1 rings (SSSR count). The van der Waals surface area contributed by atoms with E-state index in [-0.39, 0.29) is 11.8 Å². The van der Waals surface area contributed by atoms with Gasteiger partial charge in [0.2, 0.25) is 5.91 Å². The van der Waals surface area contributed by atoms with Gasteiger partial charge < -0.3 is 15.7 Å². The number of carboxylic acids is 1. The lowest BCUT2D eigenvalue weighted by atomic mass is 10.0. The number of thiophene rings is 1. The molecule has 0 saturated carbocycles. The Bertz CT molecular complexity index is 485. The van der Waals surface area contributed by atoms with E-state index in [2.05, 4.69) is 10.6 Å². The van der Waals surface area contributed by atoms with Gasteiger partial charge in [-0.05, 0) is 24.3 Å². The smallest absolute Gasteiger partial charge is 0.326 e. The van der Waals surface area contributed by atoms with E-state index in [0.29, 0.717) is 4.88 Å². The maximum absolute atomic E-state index is 11.9. The molecule has 0 bridgehead atoms. The Kier molecular flexibility index (Phi) is 5.69. The third-order valence-electron chi connectivity index (χ3n) is 2.72. The van der Waals surface area contributed by atoms with E-state index in [4.69, 9.17) is 5.11 Å². The zero-order chi connectivity index (χ0) is 15.3. The third-order valence-corrected chi connectivity index (χ3v) is 3.58. The lowest BCUT2D eigenvalue weighted by Gasteiger charge is -2.20. The minimum Gasteiger partial charge on any atom is -0.480 e. The molecule has 6 nitrogen and oxygen atoms in total. The van der Waals surface area contributed by atoms with Crippen LogP contribution >= 0.6 is 11.3 Å². The van der Waals surface area contributed by atoms with E-state index in [0.717, 1.165) is 0 Å². The van der Waals surface area contributed by atoms with Gasteiger partial charge in [-0.1, -0.05) is 19.9 Å². The average Bonchev–Trinajstić information content (AvgIpc) is 2.88. The molecule has 1 aromatic rings. The van der Waals surface area contributed by atoms with Crippen molar-refractivity contribution < 1.29 is 19.5 Å². The Hall–Kier alpha value is -1.89. The summed E-state index contributed by atoms with van der Waals surface area (Å²) in [5.74, 6) is -2.20. The minimum atomic E-state index is -1.09. The summed E-state index contributed by atoms with van der Waals surface area (Å²) < 4.78 is 0. The van der Waals surface area contributed by atoms with Gasteiger partial charge in [0.1, 0.15) is 12.1 Å². The number of carbonyl (C=O) groups excluding carboxylic acids is 2. The van der Waals surface area contributed by atoms with Gasteiger partial charge in [0, 0.05) is 0 Å². The van der Waals surface area contributed by atoms with E-state index in [1.165, 1.54) is 18.3 Å². The molecule has 0 spiro atoms. The number of rotatable bonds is 6. The van der Waals surface area contributed by atoms with Crippen LogP contribution in [0, 0.1) is 5.92 Å². The van der Waals surface area contributed by atoms with Crippen molar-refractivity contribution in [2.24, 2.45) is 5.92 Å². The van der Waals surface area contributed by atoms with Crippen molar-refractivity contribution in [3.8, 4) is 0 Å². The first-order valence-electron chi connectivity index (χ1n) is 6.20. The van der Waals surface area contributed by atoms with Crippen molar-refractivity contribution in [2.75, 3.05) is 0 Å². The first kappa shape index (κ1) is 16.2. The van der Waals surface area contributed by atoms with Crippen LogP contribution in [0.25, 0.3) is 0 Å². The van der Waals surface area contributed by atoms with Crippen molar-refractivity contribution in [1.29, 1.82) is 0 Å². The summed E-state index contributed by atoms with van der Waals surface area (Å²) in [5.41, 5.74) is 0. The summed E-state index contributed by atoms with van der Waals surface area (Å²) in [4.78, 5) is 35.2. The van der Waals surface area contributed by atoms with E-state index in [1.807, 2.05) is 0 Å². The molecule has 110 valence electrons. The number of aliphatic carboxylic acids is 1. The molecule has 20 heavy (non-hydrogen) atoms. The minimum absolute atomic E-state index is 0.239. The number of carbonyl (C=O) groups is 3. The molecule has 0 radical (unpaired) electrons. The zero-order valence-electron chi connectivity index (χ0n) is 11.5. The average molecular weight is 298 g/mol. The van der Waals surface area contributed by atoms with E-state index >= 15 is 0 Å². The number of carboxylic acid groups (broad SMARTS) is 1. The fourth-order valence-corrected chi connectivity index (χ4v) is 2.16. The molecule has 2 amide bonds.